The zero-order chi connectivity index (χ0) is 14.5. The Balaban J connectivity index is 2.25. The summed E-state index contributed by atoms with van der Waals surface area (Å²) in [4.78, 5) is 0. The molecule has 0 aliphatic carbocycles. The van der Waals surface area contributed by atoms with Gasteiger partial charge < -0.3 is 5.32 Å². The van der Waals surface area contributed by atoms with Gasteiger partial charge in [0.1, 0.15) is 6.04 Å². The molecule has 1 N–H and O–H groups in total. The molecule has 0 aliphatic rings. The van der Waals surface area contributed by atoms with Crippen LogP contribution < -0.4 is 5.32 Å². The maximum Gasteiger partial charge on any atom is 0.263 e. The third-order valence-electron chi connectivity index (χ3n) is 2.76. The SMILES string of the molecule is N#CC(Nc1cccc(Cl)c1)c1cccc(C(F)F)c1. The van der Waals surface area contributed by atoms with Crippen LogP contribution in [0.5, 0.6) is 0 Å². The van der Waals surface area contributed by atoms with Crippen molar-refractivity contribution in [3.63, 3.8) is 0 Å². The third-order valence-corrected chi connectivity index (χ3v) is 3.00. The monoisotopic (exact) mass is 292 g/mol. The highest BCUT2D eigenvalue weighted by atomic mass is 35.5. The second-order valence-electron chi connectivity index (χ2n) is 4.19. The molecule has 2 aromatic rings. The van der Waals surface area contributed by atoms with Crippen LogP contribution in [0.1, 0.15) is 23.6 Å². The van der Waals surface area contributed by atoms with Gasteiger partial charge in [0, 0.05) is 16.3 Å². The predicted molar refractivity (Wildman–Crippen MR) is 74.8 cm³/mol. The highest BCUT2D eigenvalue weighted by Crippen LogP contribution is 2.25. The van der Waals surface area contributed by atoms with Gasteiger partial charge >= 0.3 is 0 Å². The summed E-state index contributed by atoms with van der Waals surface area (Å²) < 4.78 is 25.3. The van der Waals surface area contributed by atoms with Crippen LogP contribution in [0.25, 0.3) is 0 Å². The van der Waals surface area contributed by atoms with E-state index in [2.05, 4.69) is 11.4 Å². The summed E-state index contributed by atoms with van der Waals surface area (Å²) in [7, 11) is 0. The lowest BCUT2D eigenvalue weighted by atomic mass is 10.0. The van der Waals surface area contributed by atoms with E-state index in [1.54, 1.807) is 30.3 Å². The van der Waals surface area contributed by atoms with Crippen LogP contribution in [-0.4, -0.2) is 0 Å². The van der Waals surface area contributed by atoms with Gasteiger partial charge in [0.15, 0.2) is 0 Å². The predicted octanol–water partition coefficient (Wildman–Crippen LogP) is 4.95. The fourth-order valence-corrected chi connectivity index (χ4v) is 2.00. The summed E-state index contributed by atoms with van der Waals surface area (Å²) in [6.07, 6.45) is -2.56. The maximum absolute atomic E-state index is 12.7. The number of anilines is 1. The van der Waals surface area contributed by atoms with Crippen LogP contribution in [0.15, 0.2) is 48.5 Å². The molecule has 0 saturated heterocycles. The Morgan fingerprint density at radius 2 is 1.75 bits per heavy atom. The molecule has 2 nitrogen and oxygen atoms in total. The van der Waals surface area contributed by atoms with E-state index in [1.165, 1.54) is 18.2 Å². The number of rotatable bonds is 4. The van der Waals surface area contributed by atoms with E-state index in [9.17, 15) is 14.0 Å². The lowest BCUT2D eigenvalue weighted by molar-refractivity contribution is 0.151. The molecular formula is C15H11ClF2N2. The molecule has 1 unspecified atom stereocenters. The summed E-state index contributed by atoms with van der Waals surface area (Å²) >= 11 is 5.86. The van der Waals surface area contributed by atoms with E-state index in [4.69, 9.17) is 11.6 Å². The lowest BCUT2D eigenvalue weighted by Crippen LogP contribution is -2.08. The minimum absolute atomic E-state index is 0.101. The highest BCUT2D eigenvalue weighted by molar-refractivity contribution is 6.30. The van der Waals surface area contributed by atoms with Gasteiger partial charge in [-0.3, -0.25) is 0 Å². The maximum atomic E-state index is 12.7. The summed E-state index contributed by atoms with van der Waals surface area (Å²) in [5, 5.41) is 12.7. The Kier molecular flexibility index (Phi) is 4.54. The van der Waals surface area contributed by atoms with Crippen molar-refractivity contribution in [2.75, 3.05) is 5.32 Å². The van der Waals surface area contributed by atoms with Crippen molar-refractivity contribution in [3.05, 3.63) is 64.7 Å². The average molecular weight is 293 g/mol. The molecule has 0 aliphatic heterocycles. The molecule has 0 heterocycles. The second-order valence-corrected chi connectivity index (χ2v) is 4.62. The largest absolute Gasteiger partial charge is 0.366 e. The molecule has 2 rings (SSSR count). The summed E-state index contributed by atoms with van der Waals surface area (Å²) in [5.41, 5.74) is 1.05. The van der Waals surface area contributed by atoms with Crippen LogP contribution in [0.4, 0.5) is 14.5 Å². The Morgan fingerprint density at radius 3 is 2.40 bits per heavy atom. The molecule has 1 atom stereocenters. The van der Waals surface area contributed by atoms with Crippen molar-refractivity contribution >= 4 is 17.3 Å². The molecule has 0 aromatic heterocycles. The molecule has 5 heteroatoms. The minimum Gasteiger partial charge on any atom is -0.366 e. The van der Waals surface area contributed by atoms with E-state index >= 15 is 0 Å². The fourth-order valence-electron chi connectivity index (χ4n) is 1.81. The molecule has 2 aromatic carbocycles. The summed E-state index contributed by atoms with van der Waals surface area (Å²) in [6, 6.07) is 14.0. The van der Waals surface area contributed by atoms with E-state index in [0.29, 0.717) is 16.3 Å². The number of alkyl halides is 2. The molecule has 0 bridgehead atoms. The number of benzene rings is 2. The van der Waals surface area contributed by atoms with Gasteiger partial charge in [-0.1, -0.05) is 35.9 Å². The first-order valence-corrected chi connectivity index (χ1v) is 6.27. The van der Waals surface area contributed by atoms with Crippen LogP contribution in [-0.2, 0) is 0 Å². The lowest BCUT2D eigenvalue weighted by Gasteiger charge is -2.14. The molecule has 0 amide bonds. The standard InChI is InChI=1S/C15H11ClF2N2/c16-12-5-2-6-13(8-12)20-14(9-19)10-3-1-4-11(7-10)15(17)18/h1-8,14-15,20H. The average Bonchev–Trinajstić information content (AvgIpc) is 2.45. The molecule has 0 fully saturated rings. The van der Waals surface area contributed by atoms with E-state index in [-0.39, 0.29) is 5.56 Å². The van der Waals surface area contributed by atoms with Crippen molar-refractivity contribution in [1.82, 2.24) is 0 Å². The van der Waals surface area contributed by atoms with Gasteiger partial charge in [0.05, 0.1) is 6.07 Å². The van der Waals surface area contributed by atoms with Gasteiger partial charge in [0.2, 0.25) is 0 Å². The second kappa shape index (κ2) is 6.36. The van der Waals surface area contributed by atoms with Crippen molar-refractivity contribution in [3.8, 4) is 6.07 Å². The number of nitriles is 1. The number of hydrogen-bond donors (Lipinski definition) is 1. The minimum atomic E-state index is -2.56. The van der Waals surface area contributed by atoms with Gasteiger partial charge in [-0.05, 0) is 29.8 Å². The number of nitrogens with one attached hydrogen (secondary N) is 1. The third kappa shape index (κ3) is 3.46. The Labute approximate surface area is 120 Å². The quantitative estimate of drug-likeness (QED) is 0.865. The molecule has 102 valence electrons. The van der Waals surface area contributed by atoms with Gasteiger partial charge in [-0.2, -0.15) is 5.26 Å². The van der Waals surface area contributed by atoms with Crippen LogP contribution in [0.2, 0.25) is 5.02 Å². The van der Waals surface area contributed by atoms with Gasteiger partial charge in [-0.25, -0.2) is 8.78 Å². The fraction of sp³-hybridized carbons (Fsp3) is 0.133. The molecule has 0 saturated carbocycles. The zero-order valence-electron chi connectivity index (χ0n) is 10.4. The van der Waals surface area contributed by atoms with Crippen molar-refractivity contribution < 1.29 is 8.78 Å². The first kappa shape index (κ1) is 14.3. The Hall–Kier alpha value is -2.12. The van der Waals surface area contributed by atoms with Crippen LogP contribution in [0, 0.1) is 11.3 Å². The zero-order valence-corrected chi connectivity index (χ0v) is 11.1. The normalized spacial score (nSPS) is 11.9. The van der Waals surface area contributed by atoms with E-state index in [1.807, 2.05) is 0 Å². The molecular weight excluding hydrogens is 282 g/mol. The topological polar surface area (TPSA) is 35.8 Å². The van der Waals surface area contributed by atoms with Crippen LogP contribution >= 0.6 is 11.6 Å². The molecule has 0 radical (unpaired) electrons. The first-order valence-electron chi connectivity index (χ1n) is 5.90. The molecule has 0 spiro atoms. The van der Waals surface area contributed by atoms with Gasteiger partial charge in [0.25, 0.3) is 6.43 Å². The number of nitrogens with zero attached hydrogens (tertiary/aromatic N) is 1. The van der Waals surface area contributed by atoms with E-state index in [0.717, 1.165) is 0 Å². The van der Waals surface area contributed by atoms with E-state index < -0.39 is 12.5 Å². The smallest absolute Gasteiger partial charge is 0.263 e. The molecule has 20 heavy (non-hydrogen) atoms. The van der Waals surface area contributed by atoms with Crippen molar-refractivity contribution in [1.29, 1.82) is 5.26 Å². The summed E-state index contributed by atoms with van der Waals surface area (Å²) in [6.45, 7) is 0. The first-order chi connectivity index (χ1) is 9.60. The van der Waals surface area contributed by atoms with Gasteiger partial charge in [-0.15, -0.1) is 0 Å². The Morgan fingerprint density at radius 1 is 1.05 bits per heavy atom. The highest BCUT2D eigenvalue weighted by Gasteiger charge is 2.14. The summed E-state index contributed by atoms with van der Waals surface area (Å²) in [5.74, 6) is 0. The number of halogens is 3. The van der Waals surface area contributed by atoms with Crippen LogP contribution in [0.3, 0.4) is 0 Å². The van der Waals surface area contributed by atoms with Crippen molar-refractivity contribution in [2.45, 2.75) is 12.5 Å². The van der Waals surface area contributed by atoms with Crippen molar-refractivity contribution in [2.24, 2.45) is 0 Å². The Bertz CT molecular complexity index is 638. The number of hydrogen-bond acceptors (Lipinski definition) is 2.